The number of aliphatic hydroxyl groups is 1. The van der Waals surface area contributed by atoms with Crippen molar-refractivity contribution in [2.24, 2.45) is 5.92 Å². The first-order chi connectivity index (χ1) is 6.62. The summed E-state index contributed by atoms with van der Waals surface area (Å²) in [5.74, 6) is 0.774. The van der Waals surface area contributed by atoms with Gasteiger partial charge in [-0.15, -0.1) is 0 Å². The van der Waals surface area contributed by atoms with Gasteiger partial charge in [-0.05, 0) is 45.4 Å². The van der Waals surface area contributed by atoms with Crippen LogP contribution < -0.4 is 0 Å². The summed E-state index contributed by atoms with van der Waals surface area (Å²) in [6, 6.07) is 0. The number of hydrogen-bond acceptors (Lipinski definition) is 2. The predicted octanol–water partition coefficient (Wildman–Crippen LogP) is 2.50. The van der Waals surface area contributed by atoms with Crippen LogP contribution in [0.25, 0.3) is 0 Å². The van der Waals surface area contributed by atoms with Gasteiger partial charge in [0.15, 0.2) is 0 Å². The highest BCUT2D eigenvalue weighted by molar-refractivity contribution is 4.92. The summed E-state index contributed by atoms with van der Waals surface area (Å²) >= 11 is 0. The topological polar surface area (TPSA) is 29.5 Å². The minimum Gasteiger partial charge on any atom is -0.390 e. The Bertz CT molecular complexity index is 196. The third-order valence-corrected chi connectivity index (χ3v) is 4.16. The molecule has 0 aromatic rings. The third-order valence-electron chi connectivity index (χ3n) is 4.16. The molecule has 1 N–H and O–H groups in total. The minimum absolute atomic E-state index is 0.271. The number of aliphatic hydroxyl groups excluding tert-OH is 1. The molecule has 2 rings (SSSR count). The van der Waals surface area contributed by atoms with Crippen LogP contribution in [0.1, 0.15) is 52.4 Å². The van der Waals surface area contributed by atoms with E-state index >= 15 is 0 Å². The maximum Gasteiger partial charge on any atom is 0.0914 e. The first-order valence-corrected chi connectivity index (χ1v) is 5.98. The van der Waals surface area contributed by atoms with Gasteiger partial charge in [0.1, 0.15) is 0 Å². The van der Waals surface area contributed by atoms with E-state index in [1.54, 1.807) is 0 Å². The second-order valence-corrected chi connectivity index (χ2v) is 5.23. The third kappa shape index (κ3) is 1.82. The molecule has 1 heterocycles. The van der Waals surface area contributed by atoms with E-state index in [1.165, 1.54) is 25.7 Å². The van der Waals surface area contributed by atoms with Gasteiger partial charge < -0.3 is 9.84 Å². The van der Waals surface area contributed by atoms with Crippen LogP contribution in [0.4, 0.5) is 0 Å². The van der Waals surface area contributed by atoms with Crippen molar-refractivity contribution in [2.45, 2.75) is 70.2 Å². The number of hydrogen-bond donors (Lipinski definition) is 1. The first kappa shape index (κ1) is 10.4. The Kier molecular flexibility index (Phi) is 2.85. The molecule has 3 atom stereocenters. The second-order valence-electron chi connectivity index (χ2n) is 5.23. The van der Waals surface area contributed by atoms with Crippen LogP contribution in [0, 0.1) is 5.92 Å². The number of rotatable bonds is 2. The zero-order valence-corrected chi connectivity index (χ0v) is 9.33. The van der Waals surface area contributed by atoms with Crippen LogP contribution in [0.3, 0.4) is 0 Å². The fourth-order valence-corrected chi connectivity index (χ4v) is 2.86. The molecule has 0 amide bonds. The fourth-order valence-electron chi connectivity index (χ4n) is 2.86. The highest BCUT2D eigenvalue weighted by atomic mass is 16.5. The predicted molar refractivity (Wildman–Crippen MR) is 56.2 cm³/mol. The summed E-state index contributed by atoms with van der Waals surface area (Å²) in [6.07, 6.45) is 7.66. The van der Waals surface area contributed by atoms with E-state index < -0.39 is 0 Å². The standard InChI is InChI=1S/C12H22O2/c1-9(13)12(2)8-7-11(14-12)10-5-3-4-6-10/h9-11,13H,3-8H2,1-2H3. The van der Waals surface area contributed by atoms with Gasteiger partial charge in [-0.1, -0.05) is 12.8 Å². The maximum absolute atomic E-state index is 9.65. The normalized spacial score (nSPS) is 41.8. The molecule has 2 heteroatoms. The molecule has 1 saturated heterocycles. The molecule has 2 aliphatic rings. The van der Waals surface area contributed by atoms with Crippen LogP contribution in [0.5, 0.6) is 0 Å². The molecule has 0 radical (unpaired) electrons. The molecule has 1 aliphatic carbocycles. The van der Waals surface area contributed by atoms with E-state index in [0.29, 0.717) is 6.10 Å². The zero-order chi connectivity index (χ0) is 10.2. The van der Waals surface area contributed by atoms with Gasteiger partial charge in [0.25, 0.3) is 0 Å². The lowest BCUT2D eigenvalue weighted by Gasteiger charge is -2.29. The Morgan fingerprint density at radius 1 is 1.29 bits per heavy atom. The molecular weight excluding hydrogens is 176 g/mol. The lowest BCUT2D eigenvalue weighted by molar-refractivity contribution is -0.110. The average molecular weight is 198 g/mol. The quantitative estimate of drug-likeness (QED) is 0.738. The van der Waals surface area contributed by atoms with Crippen molar-refractivity contribution in [3.63, 3.8) is 0 Å². The lowest BCUT2D eigenvalue weighted by Crippen LogP contribution is -2.38. The Balaban J connectivity index is 1.93. The lowest BCUT2D eigenvalue weighted by atomic mass is 9.94. The van der Waals surface area contributed by atoms with Crippen LogP contribution in [-0.4, -0.2) is 22.9 Å². The maximum atomic E-state index is 9.65. The van der Waals surface area contributed by atoms with Crippen molar-refractivity contribution in [1.82, 2.24) is 0 Å². The van der Waals surface area contributed by atoms with Gasteiger partial charge in [-0.25, -0.2) is 0 Å². The van der Waals surface area contributed by atoms with E-state index in [2.05, 4.69) is 0 Å². The summed E-state index contributed by atoms with van der Waals surface area (Å²) < 4.78 is 6.04. The van der Waals surface area contributed by atoms with E-state index in [0.717, 1.165) is 18.8 Å². The Labute approximate surface area is 86.6 Å². The minimum atomic E-state index is -0.339. The van der Waals surface area contributed by atoms with E-state index in [-0.39, 0.29) is 11.7 Å². The average Bonchev–Trinajstić information content (AvgIpc) is 2.72. The molecule has 0 aromatic heterocycles. The Morgan fingerprint density at radius 3 is 2.43 bits per heavy atom. The monoisotopic (exact) mass is 198 g/mol. The van der Waals surface area contributed by atoms with Crippen molar-refractivity contribution < 1.29 is 9.84 Å². The van der Waals surface area contributed by atoms with Gasteiger partial charge >= 0.3 is 0 Å². The Morgan fingerprint density at radius 2 is 1.93 bits per heavy atom. The van der Waals surface area contributed by atoms with Gasteiger partial charge in [-0.2, -0.15) is 0 Å². The van der Waals surface area contributed by atoms with Crippen molar-refractivity contribution in [1.29, 1.82) is 0 Å². The largest absolute Gasteiger partial charge is 0.390 e. The van der Waals surface area contributed by atoms with E-state index in [1.807, 2.05) is 13.8 Å². The molecule has 2 fully saturated rings. The Hall–Kier alpha value is -0.0800. The molecule has 1 aliphatic heterocycles. The molecule has 82 valence electrons. The molecular formula is C12H22O2. The summed E-state index contributed by atoms with van der Waals surface area (Å²) in [4.78, 5) is 0. The highest BCUT2D eigenvalue weighted by Gasteiger charge is 2.42. The van der Waals surface area contributed by atoms with E-state index in [4.69, 9.17) is 4.74 Å². The molecule has 2 nitrogen and oxygen atoms in total. The molecule has 14 heavy (non-hydrogen) atoms. The van der Waals surface area contributed by atoms with Gasteiger partial charge in [0, 0.05) is 0 Å². The van der Waals surface area contributed by atoms with Crippen molar-refractivity contribution in [3.8, 4) is 0 Å². The summed E-state index contributed by atoms with van der Waals surface area (Å²) in [7, 11) is 0. The summed E-state index contributed by atoms with van der Waals surface area (Å²) in [6.45, 7) is 3.89. The molecule has 0 aromatic carbocycles. The van der Waals surface area contributed by atoms with Crippen molar-refractivity contribution in [2.75, 3.05) is 0 Å². The molecule has 0 spiro atoms. The molecule has 3 unspecified atom stereocenters. The first-order valence-electron chi connectivity index (χ1n) is 5.98. The molecule has 0 bridgehead atoms. The van der Waals surface area contributed by atoms with Crippen LogP contribution in [0.15, 0.2) is 0 Å². The number of ether oxygens (including phenoxy) is 1. The zero-order valence-electron chi connectivity index (χ0n) is 9.33. The van der Waals surface area contributed by atoms with Crippen LogP contribution >= 0.6 is 0 Å². The summed E-state index contributed by atoms with van der Waals surface area (Å²) in [5.41, 5.74) is -0.271. The second kappa shape index (κ2) is 3.82. The van der Waals surface area contributed by atoms with Gasteiger partial charge in [-0.3, -0.25) is 0 Å². The smallest absolute Gasteiger partial charge is 0.0914 e. The SMILES string of the molecule is CC(O)C1(C)CCC(C2CCCC2)O1. The van der Waals surface area contributed by atoms with E-state index in [9.17, 15) is 5.11 Å². The van der Waals surface area contributed by atoms with Gasteiger partial charge in [0.2, 0.25) is 0 Å². The van der Waals surface area contributed by atoms with Gasteiger partial charge in [0.05, 0.1) is 17.8 Å². The fraction of sp³-hybridized carbons (Fsp3) is 1.00. The van der Waals surface area contributed by atoms with Crippen molar-refractivity contribution >= 4 is 0 Å². The highest BCUT2D eigenvalue weighted by Crippen LogP contribution is 2.41. The van der Waals surface area contributed by atoms with Crippen LogP contribution in [-0.2, 0) is 4.74 Å². The van der Waals surface area contributed by atoms with Crippen LogP contribution in [0.2, 0.25) is 0 Å². The molecule has 1 saturated carbocycles. The van der Waals surface area contributed by atoms with Crippen molar-refractivity contribution in [3.05, 3.63) is 0 Å². The summed E-state index contributed by atoms with van der Waals surface area (Å²) in [5, 5.41) is 9.65.